The number of hydrogen-bond donors (Lipinski definition) is 1. The second kappa shape index (κ2) is 9.50. The summed E-state index contributed by atoms with van der Waals surface area (Å²) in [6.07, 6.45) is 3.97. The highest BCUT2D eigenvalue weighted by Gasteiger charge is 2.26. The van der Waals surface area contributed by atoms with E-state index in [1.54, 1.807) is 52.3 Å². The second-order valence-corrected chi connectivity index (χ2v) is 8.62. The molecule has 1 fully saturated rings. The van der Waals surface area contributed by atoms with Gasteiger partial charge in [0.25, 0.3) is 11.8 Å². The minimum atomic E-state index is -0.225. The third kappa shape index (κ3) is 4.82. The van der Waals surface area contributed by atoms with E-state index in [4.69, 9.17) is 4.74 Å². The number of nitrogens with zero attached hydrogens (tertiary/aromatic N) is 4. The van der Waals surface area contributed by atoms with Crippen LogP contribution in [0.1, 0.15) is 32.0 Å². The number of amides is 2. The summed E-state index contributed by atoms with van der Waals surface area (Å²) < 4.78 is 7.84. The van der Waals surface area contributed by atoms with Crippen LogP contribution >= 0.6 is 0 Å². The number of fused-ring (bicyclic) bond motifs is 1. The Hall–Kier alpha value is -4.33. The molecule has 1 aliphatic rings. The van der Waals surface area contributed by atoms with Gasteiger partial charge < -0.3 is 24.0 Å². The second-order valence-electron chi connectivity index (χ2n) is 8.62. The molecule has 1 N–H and O–H groups in total. The highest BCUT2D eigenvalue weighted by molar-refractivity contribution is 5.97. The topological polar surface area (TPSA) is 87.4 Å². The van der Waals surface area contributed by atoms with Crippen molar-refractivity contribution in [2.75, 3.05) is 26.2 Å². The van der Waals surface area contributed by atoms with Crippen LogP contribution in [0.2, 0.25) is 0 Å². The number of imidazole rings is 1. The first-order chi connectivity index (χ1) is 17.0. The molecule has 0 aliphatic carbocycles. The molecule has 1 saturated heterocycles. The number of aromatic hydroxyl groups is 1. The van der Waals surface area contributed by atoms with E-state index in [2.05, 4.69) is 4.98 Å². The van der Waals surface area contributed by atoms with Gasteiger partial charge in [-0.2, -0.15) is 0 Å². The number of ether oxygens (including phenoxy) is 1. The van der Waals surface area contributed by atoms with Crippen molar-refractivity contribution < 1.29 is 19.4 Å². The Morgan fingerprint density at radius 2 is 1.57 bits per heavy atom. The van der Waals surface area contributed by atoms with Crippen LogP contribution in [0.4, 0.5) is 0 Å². The SMILES string of the molecule is Cc1ccc2nc(COc3ccc(C(=O)N4CCN(C(=O)c5ccccc5O)CC4)cc3)cn2c1. The van der Waals surface area contributed by atoms with Crippen molar-refractivity contribution in [3.05, 3.63) is 95.4 Å². The summed E-state index contributed by atoms with van der Waals surface area (Å²) in [4.78, 5) is 33.6. The number of carbonyl (C=O) groups is 2. The Balaban J connectivity index is 1.15. The fraction of sp³-hybridized carbons (Fsp3) is 0.222. The Kier molecular flexibility index (Phi) is 6.10. The van der Waals surface area contributed by atoms with E-state index in [1.807, 2.05) is 35.9 Å². The average Bonchev–Trinajstić information content (AvgIpc) is 3.29. The van der Waals surface area contributed by atoms with Crippen LogP contribution in [0.15, 0.2) is 73.1 Å². The Bertz CT molecular complexity index is 1370. The number of para-hydroxylation sites is 1. The zero-order chi connectivity index (χ0) is 24.4. The smallest absolute Gasteiger partial charge is 0.257 e. The molecule has 4 aromatic rings. The largest absolute Gasteiger partial charge is 0.507 e. The zero-order valence-corrected chi connectivity index (χ0v) is 19.4. The average molecular weight is 471 g/mol. The maximum atomic E-state index is 12.9. The van der Waals surface area contributed by atoms with Crippen molar-refractivity contribution in [1.82, 2.24) is 19.2 Å². The van der Waals surface area contributed by atoms with Crippen LogP contribution in [0, 0.1) is 6.92 Å². The van der Waals surface area contributed by atoms with Gasteiger partial charge in [-0.15, -0.1) is 0 Å². The molecule has 1 aliphatic heterocycles. The molecule has 0 unspecified atom stereocenters. The molecule has 0 radical (unpaired) electrons. The van der Waals surface area contributed by atoms with Gasteiger partial charge in [-0.1, -0.05) is 18.2 Å². The summed E-state index contributed by atoms with van der Waals surface area (Å²) in [7, 11) is 0. The number of phenols is 1. The van der Waals surface area contributed by atoms with Gasteiger partial charge >= 0.3 is 0 Å². The van der Waals surface area contributed by atoms with Gasteiger partial charge in [0.05, 0.1) is 11.3 Å². The molecular formula is C27H26N4O4. The normalized spacial score (nSPS) is 13.7. The lowest BCUT2D eigenvalue weighted by molar-refractivity contribution is 0.0533. The van der Waals surface area contributed by atoms with Crippen molar-refractivity contribution >= 4 is 17.5 Å². The van der Waals surface area contributed by atoms with Gasteiger partial charge in [-0.25, -0.2) is 4.98 Å². The maximum Gasteiger partial charge on any atom is 0.257 e. The van der Waals surface area contributed by atoms with E-state index in [1.165, 1.54) is 6.07 Å². The number of benzene rings is 2. The lowest BCUT2D eigenvalue weighted by atomic mass is 10.1. The number of phenolic OH excluding ortho intramolecular Hbond substituents is 1. The molecule has 2 aromatic heterocycles. The zero-order valence-electron chi connectivity index (χ0n) is 19.4. The van der Waals surface area contributed by atoms with Crippen molar-refractivity contribution in [1.29, 1.82) is 0 Å². The molecule has 8 heteroatoms. The molecule has 0 atom stereocenters. The fourth-order valence-electron chi connectivity index (χ4n) is 4.20. The molecular weight excluding hydrogens is 444 g/mol. The molecule has 3 heterocycles. The summed E-state index contributed by atoms with van der Waals surface area (Å²) >= 11 is 0. The lowest BCUT2D eigenvalue weighted by Gasteiger charge is -2.35. The van der Waals surface area contributed by atoms with Crippen LogP contribution in [0.5, 0.6) is 11.5 Å². The van der Waals surface area contributed by atoms with E-state index in [-0.39, 0.29) is 23.1 Å². The van der Waals surface area contributed by atoms with Crippen molar-refractivity contribution in [3.63, 3.8) is 0 Å². The number of aromatic nitrogens is 2. The van der Waals surface area contributed by atoms with E-state index >= 15 is 0 Å². The molecule has 0 saturated carbocycles. The highest BCUT2D eigenvalue weighted by atomic mass is 16.5. The Morgan fingerprint density at radius 1 is 0.886 bits per heavy atom. The third-order valence-corrected chi connectivity index (χ3v) is 6.13. The predicted molar refractivity (Wildman–Crippen MR) is 131 cm³/mol. The Morgan fingerprint density at radius 3 is 2.29 bits per heavy atom. The summed E-state index contributed by atoms with van der Waals surface area (Å²) in [5.74, 6) is 0.321. The van der Waals surface area contributed by atoms with Crippen LogP contribution in [0.25, 0.3) is 5.65 Å². The van der Waals surface area contributed by atoms with Crippen molar-refractivity contribution in [3.8, 4) is 11.5 Å². The fourth-order valence-corrected chi connectivity index (χ4v) is 4.20. The molecule has 2 amide bonds. The molecule has 0 bridgehead atoms. The maximum absolute atomic E-state index is 12.9. The molecule has 2 aromatic carbocycles. The first-order valence-corrected chi connectivity index (χ1v) is 11.5. The van der Waals surface area contributed by atoms with Gasteiger partial charge in [0.2, 0.25) is 0 Å². The first kappa shape index (κ1) is 22.5. The monoisotopic (exact) mass is 470 g/mol. The van der Waals surface area contributed by atoms with Gasteiger partial charge in [0.1, 0.15) is 23.8 Å². The molecule has 35 heavy (non-hydrogen) atoms. The summed E-state index contributed by atoms with van der Waals surface area (Å²) in [6, 6.07) is 17.6. The molecule has 178 valence electrons. The first-order valence-electron chi connectivity index (χ1n) is 11.5. The lowest BCUT2D eigenvalue weighted by Crippen LogP contribution is -2.50. The molecule has 8 nitrogen and oxygen atoms in total. The van der Waals surface area contributed by atoms with Crippen LogP contribution in [-0.2, 0) is 6.61 Å². The minimum absolute atomic E-state index is 0.0328. The predicted octanol–water partition coefficient (Wildman–Crippen LogP) is 3.53. The van der Waals surface area contributed by atoms with Gasteiger partial charge in [-0.05, 0) is 55.0 Å². The van der Waals surface area contributed by atoms with Crippen molar-refractivity contribution in [2.24, 2.45) is 0 Å². The number of piperazine rings is 1. The number of carbonyl (C=O) groups excluding carboxylic acids is 2. The number of aryl methyl sites for hydroxylation is 1. The molecule has 0 spiro atoms. The quantitative estimate of drug-likeness (QED) is 0.482. The van der Waals surface area contributed by atoms with E-state index in [9.17, 15) is 14.7 Å². The number of rotatable bonds is 5. The summed E-state index contributed by atoms with van der Waals surface area (Å²) in [6.45, 7) is 4.07. The van der Waals surface area contributed by atoms with Gasteiger partial charge in [-0.3, -0.25) is 9.59 Å². The van der Waals surface area contributed by atoms with E-state index in [0.717, 1.165) is 16.9 Å². The van der Waals surface area contributed by atoms with Gasteiger partial charge in [0, 0.05) is 44.1 Å². The van der Waals surface area contributed by atoms with E-state index in [0.29, 0.717) is 44.1 Å². The minimum Gasteiger partial charge on any atom is -0.507 e. The van der Waals surface area contributed by atoms with Crippen molar-refractivity contribution in [2.45, 2.75) is 13.5 Å². The number of hydrogen-bond acceptors (Lipinski definition) is 5. The summed E-state index contributed by atoms with van der Waals surface area (Å²) in [5.41, 5.74) is 3.71. The Labute approximate surface area is 203 Å². The van der Waals surface area contributed by atoms with Gasteiger partial charge in [0.15, 0.2) is 0 Å². The van der Waals surface area contributed by atoms with Crippen LogP contribution in [-0.4, -0.2) is 62.3 Å². The van der Waals surface area contributed by atoms with Crippen LogP contribution < -0.4 is 4.74 Å². The van der Waals surface area contributed by atoms with Crippen LogP contribution in [0.3, 0.4) is 0 Å². The summed E-state index contributed by atoms with van der Waals surface area (Å²) in [5, 5.41) is 9.94. The standard InChI is InChI=1S/C27H26N4O4/c1-19-6-11-25-28-21(17-31(25)16-19)18-35-22-9-7-20(8-10-22)26(33)29-12-14-30(15-13-29)27(34)23-4-2-3-5-24(23)32/h2-11,16-17,32H,12-15,18H2,1H3. The highest BCUT2D eigenvalue weighted by Crippen LogP contribution is 2.20. The molecule has 5 rings (SSSR count). The number of pyridine rings is 1. The van der Waals surface area contributed by atoms with E-state index < -0.39 is 0 Å². The third-order valence-electron chi connectivity index (χ3n) is 6.13.